The van der Waals surface area contributed by atoms with Gasteiger partial charge in [-0.25, -0.2) is 9.37 Å². The molecule has 0 aliphatic carbocycles. The lowest BCUT2D eigenvalue weighted by atomic mass is 9.97. The van der Waals surface area contributed by atoms with Crippen molar-refractivity contribution in [1.29, 1.82) is 0 Å². The third kappa shape index (κ3) is 6.49. The molecule has 0 radical (unpaired) electrons. The second-order valence-corrected chi connectivity index (χ2v) is 12.2. The fourth-order valence-electron chi connectivity index (χ4n) is 4.60. The average Bonchev–Trinajstić information content (AvgIpc) is 3.56. The quantitative estimate of drug-likeness (QED) is 0.344. The van der Waals surface area contributed by atoms with Crippen molar-refractivity contribution in [3.05, 3.63) is 69.4 Å². The molecule has 2 fully saturated rings. The number of likely N-dealkylation sites (tertiary alicyclic amines) is 1. The summed E-state index contributed by atoms with van der Waals surface area (Å²) >= 11 is 13.9. The van der Waals surface area contributed by atoms with Gasteiger partial charge in [0.2, 0.25) is 11.8 Å². The van der Waals surface area contributed by atoms with Gasteiger partial charge in [0.25, 0.3) is 5.91 Å². The molecule has 0 atom stereocenters. The molecule has 1 N–H and O–H groups in total. The molecule has 0 unspecified atom stereocenters. The van der Waals surface area contributed by atoms with Crippen LogP contribution in [0.15, 0.2) is 47.8 Å². The van der Waals surface area contributed by atoms with Crippen LogP contribution < -0.4 is 5.32 Å². The van der Waals surface area contributed by atoms with Crippen LogP contribution in [-0.4, -0.2) is 62.2 Å². The van der Waals surface area contributed by atoms with Gasteiger partial charge in [-0.05, 0) is 48.7 Å². The molecule has 2 aliphatic heterocycles. The Morgan fingerprint density at radius 2 is 1.90 bits per heavy atom. The maximum Gasteiger partial charge on any atom is 0.275 e. The lowest BCUT2D eigenvalue weighted by Crippen LogP contribution is -2.40. The fourth-order valence-corrected chi connectivity index (χ4v) is 6.82. The summed E-state index contributed by atoms with van der Waals surface area (Å²) in [5, 5.41) is 6.01. The highest BCUT2D eigenvalue weighted by atomic mass is 35.5. The van der Waals surface area contributed by atoms with Crippen molar-refractivity contribution in [2.75, 3.05) is 30.7 Å². The van der Waals surface area contributed by atoms with E-state index in [4.69, 9.17) is 23.8 Å². The number of benzene rings is 2. The summed E-state index contributed by atoms with van der Waals surface area (Å²) in [6, 6.07) is 11.2. The van der Waals surface area contributed by atoms with Crippen LogP contribution in [0.5, 0.6) is 0 Å². The number of hydrogen-bond donors (Lipinski definition) is 1. The second kappa shape index (κ2) is 12.1. The van der Waals surface area contributed by atoms with Gasteiger partial charge in [-0.2, -0.15) is 0 Å². The number of rotatable bonds is 7. The van der Waals surface area contributed by atoms with Gasteiger partial charge in [0.05, 0.1) is 10.8 Å². The van der Waals surface area contributed by atoms with E-state index in [1.54, 1.807) is 29.6 Å². The molecule has 0 bridgehead atoms. The van der Waals surface area contributed by atoms with E-state index in [2.05, 4.69) is 10.3 Å². The Morgan fingerprint density at radius 3 is 2.59 bits per heavy atom. The van der Waals surface area contributed by atoms with Crippen molar-refractivity contribution >= 4 is 74.6 Å². The summed E-state index contributed by atoms with van der Waals surface area (Å²) in [4.78, 5) is 45.5. The highest BCUT2D eigenvalue weighted by Crippen LogP contribution is 2.33. The van der Waals surface area contributed by atoms with E-state index in [1.807, 2.05) is 4.90 Å². The first kappa shape index (κ1) is 27.7. The number of nitrogens with one attached hydrogen (secondary N) is 1. The Labute approximate surface area is 243 Å². The lowest BCUT2D eigenvalue weighted by Gasteiger charge is -2.31. The number of carbonyl (C=O) groups excluding carboxylic acids is 3. The van der Waals surface area contributed by atoms with Crippen LogP contribution in [0.1, 0.15) is 40.7 Å². The number of amides is 3. The number of thiazole rings is 1. The van der Waals surface area contributed by atoms with Crippen molar-refractivity contribution in [2.24, 2.45) is 0 Å². The Hall–Kier alpha value is -2.86. The van der Waals surface area contributed by atoms with E-state index in [0.717, 1.165) is 23.4 Å². The summed E-state index contributed by atoms with van der Waals surface area (Å²) in [5.41, 5.74) is 2.04. The van der Waals surface area contributed by atoms with Crippen LogP contribution in [0.3, 0.4) is 0 Å². The van der Waals surface area contributed by atoms with Crippen LogP contribution in [-0.2, 0) is 9.59 Å². The molecule has 202 valence electrons. The zero-order valence-corrected chi connectivity index (χ0v) is 23.9. The molecular formula is C27H24ClFN4O3S3. The smallest absolute Gasteiger partial charge is 0.275 e. The van der Waals surface area contributed by atoms with Crippen LogP contribution in [0.4, 0.5) is 10.1 Å². The van der Waals surface area contributed by atoms with E-state index in [-0.39, 0.29) is 30.1 Å². The first-order valence-electron chi connectivity index (χ1n) is 12.4. The van der Waals surface area contributed by atoms with Crippen LogP contribution in [0.2, 0.25) is 5.02 Å². The van der Waals surface area contributed by atoms with E-state index < -0.39 is 5.82 Å². The minimum Gasteiger partial charge on any atom is -0.343 e. The third-order valence-electron chi connectivity index (χ3n) is 6.73. The SMILES string of the molecule is O=C(Nc1ccc(F)cc1-c1ccc(Cl)cc1)c1csc(C2CCN(C(=O)CCN3C(=O)CSC3=S)CC2)n1. The van der Waals surface area contributed by atoms with Gasteiger partial charge in [-0.3, -0.25) is 19.3 Å². The first-order chi connectivity index (χ1) is 18.8. The third-order valence-corrected chi connectivity index (χ3v) is 9.42. The molecule has 1 aromatic heterocycles. The fraction of sp³-hybridized carbons (Fsp3) is 0.296. The Morgan fingerprint density at radius 1 is 1.15 bits per heavy atom. The Balaban J connectivity index is 1.17. The maximum absolute atomic E-state index is 14.0. The molecule has 0 spiro atoms. The number of aromatic nitrogens is 1. The van der Waals surface area contributed by atoms with Gasteiger partial charge in [-0.15, -0.1) is 11.3 Å². The molecule has 5 rings (SSSR count). The number of hydrogen-bond acceptors (Lipinski definition) is 7. The lowest BCUT2D eigenvalue weighted by molar-refractivity contribution is -0.132. The molecule has 3 amide bonds. The number of halogens is 2. The summed E-state index contributed by atoms with van der Waals surface area (Å²) in [5.74, 6) is -0.318. The van der Waals surface area contributed by atoms with Crippen LogP contribution in [0, 0.1) is 5.82 Å². The van der Waals surface area contributed by atoms with Crippen molar-refractivity contribution in [3.8, 4) is 11.1 Å². The highest BCUT2D eigenvalue weighted by molar-refractivity contribution is 8.23. The zero-order chi connectivity index (χ0) is 27.5. The molecule has 3 heterocycles. The molecule has 7 nitrogen and oxygen atoms in total. The second-order valence-electron chi connectivity index (χ2n) is 9.23. The average molecular weight is 603 g/mol. The number of thiocarbonyl (C=S) groups is 1. The van der Waals surface area contributed by atoms with Gasteiger partial charge in [-0.1, -0.05) is 47.7 Å². The van der Waals surface area contributed by atoms with Gasteiger partial charge in [0.1, 0.15) is 15.8 Å². The predicted octanol–water partition coefficient (Wildman–Crippen LogP) is 5.81. The van der Waals surface area contributed by atoms with Crippen molar-refractivity contribution in [1.82, 2.24) is 14.8 Å². The molecule has 2 saturated heterocycles. The van der Waals surface area contributed by atoms with Crippen LogP contribution in [0.25, 0.3) is 11.1 Å². The number of carbonyl (C=O) groups is 3. The molecule has 3 aromatic rings. The molecule has 12 heteroatoms. The minimum absolute atomic E-state index is 0.0101. The summed E-state index contributed by atoms with van der Waals surface area (Å²) in [7, 11) is 0. The maximum atomic E-state index is 14.0. The Kier molecular flexibility index (Phi) is 8.61. The van der Waals surface area contributed by atoms with Crippen LogP contribution >= 0.6 is 46.9 Å². The largest absolute Gasteiger partial charge is 0.343 e. The van der Waals surface area contributed by atoms with Crippen molar-refractivity contribution in [3.63, 3.8) is 0 Å². The first-order valence-corrected chi connectivity index (χ1v) is 15.0. The molecular weight excluding hydrogens is 579 g/mol. The van der Waals surface area contributed by atoms with E-state index >= 15 is 0 Å². The number of piperidine rings is 1. The summed E-state index contributed by atoms with van der Waals surface area (Å²) < 4.78 is 14.5. The van der Waals surface area contributed by atoms with E-state index in [0.29, 0.717) is 51.7 Å². The number of anilines is 1. The topological polar surface area (TPSA) is 82.6 Å². The number of nitrogens with zero attached hydrogens (tertiary/aromatic N) is 3. The molecule has 39 heavy (non-hydrogen) atoms. The molecule has 2 aromatic carbocycles. The van der Waals surface area contributed by atoms with Gasteiger partial charge < -0.3 is 10.2 Å². The normalized spacial score (nSPS) is 16.2. The summed E-state index contributed by atoms with van der Waals surface area (Å²) in [6.07, 6.45) is 1.74. The van der Waals surface area contributed by atoms with E-state index in [9.17, 15) is 18.8 Å². The zero-order valence-electron chi connectivity index (χ0n) is 20.7. The molecule has 2 aliphatic rings. The number of thioether (sulfide) groups is 1. The molecule has 0 saturated carbocycles. The van der Waals surface area contributed by atoms with Gasteiger partial charge >= 0.3 is 0 Å². The van der Waals surface area contributed by atoms with Gasteiger partial charge in [0, 0.05) is 53.6 Å². The van der Waals surface area contributed by atoms with E-state index in [1.165, 1.54) is 46.2 Å². The highest BCUT2D eigenvalue weighted by Gasteiger charge is 2.30. The van der Waals surface area contributed by atoms with Crippen molar-refractivity contribution in [2.45, 2.75) is 25.2 Å². The predicted molar refractivity (Wildman–Crippen MR) is 157 cm³/mol. The Bertz CT molecular complexity index is 1410. The van der Waals surface area contributed by atoms with Crippen molar-refractivity contribution < 1.29 is 18.8 Å². The van der Waals surface area contributed by atoms with Gasteiger partial charge in [0.15, 0.2) is 0 Å². The monoisotopic (exact) mass is 602 g/mol. The standard InChI is InChI=1S/C27H24ClFN4O3S3/c28-18-3-1-16(2-4-18)20-13-19(29)5-6-21(20)30-25(36)22-14-38-26(31-22)17-7-10-32(11-8-17)23(34)9-12-33-24(35)15-39-27(33)37/h1-6,13-14,17H,7-12,15H2,(H,30,36). The minimum atomic E-state index is -0.411. The summed E-state index contributed by atoms with van der Waals surface area (Å²) in [6.45, 7) is 1.51.